The lowest BCUT2D eigenvalue weighted by molar-refractivity contribution is -0.136. The number of aryl methyl sites for hydroxylation is 1. The molecular weight excluding hydrogens is 412 g/mol. The minimum atomic E-state index is 0.151. The van der Waals surface area contributed by atoms with E-state index in [-0.39, 0.29) is 11.8 Å². The van der Waals surface area contributed by atoms with Crippen LogP contribution in [0.15, 0.2) is 24.3 Å². The van der Waals surface area contributed by atoms with E-state index < -0.39 is 0 Å². The largest absolute Gasteiger partial charge is 0.355 e. The third-order valence-electron chi connectivity index (χ3n) is 7.28. The number of amides is 2. The zero-order valence-electron chi connectivity index (χ0n) is 20.9. The van der Waals surface area contributed by atoms with Crippen LogP contribution in [0.5, 0.6) is 0 Å². The van der Waals surface area contributed by atoms with Crippen LogP contribution >= 0.6 is 0 Å². The van der Waals surface area contributed by atoms with Crippen molar-refractivity contribution in [3.05, 3.63) is 35.4 Å². The van der Waals surface area contributed by atoms with E-state index in [9.17, 15) is 9.59 Å². The molecule has 0 saturated carbocycles. The molecule has 0 unspecified atom stereocenters. The van der Waals surface area contributed by atoms with Crippen molar-refractivity contribution in [1.82, 2.24) is 20.0 Å². The molecule has 2 saturated heterocycles. The van der Waals surface area contributed by atoms with Gasteiger partial charge in [-0.3, -0.25) is 14.5 Å². The highest BCUT2D eigenvalue weighted by molar-refractivity contribution is 5.79. The number of carbonyl (C=O) groups excluding carboxylic acids is 2. The average molecular weight is 457 g/mol. The van der Waals surface area contributed by atoms with Gasteiger partial charge < -0.3 is 15.1 Å². The molecule has 2 aliphatic heterocycles. The van der Waals surface area contributed by atoms with Crippen LogP contribution in [-0.2, 0) is 22.6 Å². The van der Waals surface area contributed by atoms with Crippen molar-refractivity contribution in [1.29, 1.82) is 0 Å². The summed E-state index contributed by atoms with van der Waals surface area (Å²) < 4.78 is 0. The van der Waals surface area contributed by atoms with Gasteiger partial charge in [0.1, 0.15) is 0 Å². The summed E-state index contributed by atoms with van der Waals surface area (Å²) in [4.78, 5) is 31.6. The highest BCUT2D eigenvalue weighted by Gasteiger charge is 2.27. The number of likely N-dealkylation sites (tertiary alicyclic amines) is 2. The molecule has 33 heavy (non-hydrogen) atoms. The Morgan fingerprint density at radius 3 is 2.18 bits per heavy atom. The molecule has 1 aromatic carbocycles. The van der Waals surface area contributed by atoms with Crippen LogP contribution in [0.3, 0.4) is 0 Å². The van der Waals surface area contributed by atoms with Crippen LogP contribution in [0.1, 0.15) is 63.5 Å². The van der Waals surface area contributed by atoms with E-state index in [4.69, 9.17) is 0 Å². The molecule has 1 N–H and O–H groups in total. The molecule has 2 amide bonds. The lowest BCUT2D eigenvalue weighted by atomic mass is 9.94. The number of carbonyl (C=O) groups is 2. The quantitative estimate of drug-likeness (QED) is 0.555. The molecule has 2 heterocycles. The molecule has 1 aromatic rings. The van der Waals surface area contributed by atoms with Crippen molar-refractivity contribution < 1.29 is 9.59 Å². The van der Waals surface area contributed by atoms with E-state index in [0.29, 0.717) is 12.3 Å². The van der Waals surface area contributed by atoms with Crippen LogP contribution in [0.2, 0.25) is 0 Å². The predicted molar refractivity (Wildman–Crippen MR) is 134 cm³/mol. The lowest BCUT2D eigenvalue weighted by Crippen LogP contribution is -2.42. The van der Waals surface area contributed by atoms with Crippen molar-refractivity contribution in [3.8, 4) is 0 Å². The van der Waals surface area contributed by atoms with E-state index in [2.05, 4.69) is 53.2 Å². The van der Waals surface area contributed by atoms with Gasteiger partial charge in [0.05, 0.1) is 0 Å². The number of nitrogens with one attached hydrogen (secondary N) is 1. The number of rotatable bonds is 11. The molecule has 184 valence electrons. The van der Waals surface area contributed by atoms with Gasteiger partial charge in [0.15, 0.2) is 0 Å². The smallest absolute Gasteiger partial charge is 0.225 e. The standard InChI is InChI=1S/C27H44N4O2/c1-3-31(4-2)27(33)25-14-19-30(20-15-25)22-24-10-8-23(9-11-24)12-13-26(32)28-16-21-29-17-6-5-7-18-29/h8-11,25H,3-7,12-22H2,1-2H3,(H,28,32). The Bertz CT molecular complexity index is 718. The molecule has 0 atom stereocenters. The second-order valence-corrected chi connectivity index (χ2v) is 9.63. The van der Waals surface area contributed by atoms with Crippen molar-refractivity contribution in [3.63, 3.8) is 0 Å². The molecule has 0 aliphatic carbocycles. The molecular formula is C27H44N4O2. The number of piperidine rings is 2. The van der Waals surface area contributed by atoms with Crippen LogP contribution in [-0.4, -0.2) is 78.9 Å². The van der Waals surface area contributed by atoms with Gasteiger partial charge in [0.2, 0.25) is 11.8 Å². The first kappa shape index (κ1) is 25.7. The topological polar surface area (TPSA) is 55.9 Å². The predicted octanol–water partition coefficient (Wildman–Crippen LogP) is 3.30. The fourth-order valence-electron chi connectivity index (χ4n) is 5.08. The second kappa shape index (κ2) is 13.7. The van der Waals surface area contributed by atoms with Gasteiger partial charge in [0, 0.05) is 45.1 Å². The maximum absolute atomic E-state index is 12.6. The highest BCUT2D eigenvalue weighted by atomic mass is 16.2. The fourth-order valence-corrected chi connectivity index (χ4v) is 5.08. The van der Waals surface area contributed by atoms with Gasteiger partial charge in [-0.1, -0.05) is 30.7 Å². The summed E-state index contributed by atoms with van der Waals surface area (Å²) in [5.41, 5.74) is 2.52. The summed E-state index contributed by atoms with van der Waals surface area (Å²) in [5.74, 6) is 0.673. The first-order valence-electron chi connectivity index (χ1n) is 13.2. The normalized spacial score (nSPS) is 18.2. The number of benzene rings is 1. The summed E-state index contributed by atoms with van der Waals surface area (Å²) >= 11 is 0. The Morgan fingerprint density at radius 2 is 1.55 bits per heavy atom. The molecule has 0 spiro atoms. The molecule has 0 aromatic heterocycles. The maximum Gasteiger partial charge on any atom is 0.225 e. The SMILES string of the molecule is CCN(CC)C(=O)C1CCN(Cc2ccc(CCC(=O)NCCN3CCCCC3)cc2)CC1. The summed E-state index contributed by atoms with van der Waals surface area (Å²) in [6, 6.07) is 8.70. The Hall–Kier alpha value is -1.92. The third-order valence-corrected chi connectivity index (χ3v) is 7.28. The van der Waals surface area contributed by atoms with E-state index in [1.165, 1.54) is 43.5 Å². The third kappa shape index (κ3) is 8.42. The van der Waals surface area contributed by atoms with Gasteiger partial charge in [-0.2, -0.15) is 0 Å². The molecule has 6 heteroatoms. The average Bonchev–Trinajstić information content (AvgIpc) is 2.85. The minimum absolute atomic E-state index is 0.151. The highest BCUT2D eigenvalue weighted by Crippen LogP contribution is 2.21. The first-order valence-corrected chi connectivity index (χ1v) is 13.2. The summed E-state index contributed by atoms with van der Waals surface area (Å²) in [6.45, 7) is 12.7. The van der Waals surface area contributed by atoms with Crippen molar-refractivity contribution in [2.45, 2.75) is 65.3 Å². The van der Waals surface area contributed by atoms with Crippen molar-refractivity contribution >= 4 is 11.8 Å². The van der Waals surface area contributed by atoms with Crippen molar-refractivity contribution in [2.24, 2.45) is 5.92 Å². The summed E-state index contributed by atoms with van der Waals surface area (Å²) in [6.07, 6.45) is 7.18. The zero-order chi connectivity index (χ0) is 23.5. The van der Waals surface area contributed by atoms with E-state index in [1.54, 1.807) is 0 Å². The number of hydrogen-bond acceptors (Lipinski definition) is 4. The molecule has 3 rings (SSSR count). The molecule has 0 bridgehead atoms. The van der Waals surface area contributed by atoms with E-state index in [0.717, 1.165) is 65.1 Å². The Morgan fingerprint density at radius 1 is 0.909 bits per heavy atom. The maximum atomic E-state index is 12.6. The molecule has 2 aliphatic rings. The van der Waals surface area contributed by atoms with Crippen LogP contribution in [0.4, 0.5) is 0 Å². The van der Waals surface area contributed by atoms with Gasteiger partial charge >= 0.3 is 0 Å². The summed E-state index contributed by atoms with van der Waals surface area (Å²) in [7, 11) is 0. The fraction of sp³-hybridized carbons (Fsp3) is 0.704. The first-order chi connectivity index (χ1) is 16.1. The second-order valence-electron chi connectivity index (χ2n) is 9.63. The zero-order valence-corrected chi connectivity index (χ0v) is 20.9. The number of hydrogen-bond donors (Lipinski definition) is 1. The molecule has 2 fully saturated rings. The molecule has 6 nitrogen and oxygen atoms in total. The Labute approximate surface area is 200 Å². The molecule has 0 radical (unpaired) electrons. The van der Waals surface area contributed by atoms with Crippen LogP contribution < -0.4 is 5.32 Å². The number of nitrogens with zero attached hydrogens (tertiary/aromatic N) is 3. The summed E-state index contributed by atoms with van der Waals surface area (Å²) in [5, 5.41) is 3.08. The van der Waals surface area contributed by atoms with E-state index >= 15 is 0 Å². The van der Waals surface area contributed by atoms with Crippen LogP contribution in [0, 0.1) is 5.92 Å². The Balaban J connectivity index is 1.32. The van der Waals surface area contributed by atoms with Gasteiger partial charge in [-0.25, -0.2) is 0 Å². The minimum Gasteiger partial charge on any atom is -0.355 e. The van der Waals surface area contributed by atoms with E-state index in [1.807, 2.05) is 4.90 Å². The van der Waals surface area contributed by atoms with Gasteiger partial charge in [0.25, 0.3) is 0 Å². The monoisotopic (exact) mass is 456 g/mol. The van der Waals surface area contributed by atoms with Crippen molar-refractivity contribution in [2.75, 3.05) is 52.4 Å². The van der Waals surface area contributed by atoms with Gasteiger partial charge in [-0.15, -0.1) is 0 Å². The van der Waals surface area contributed by atoms with Gasteiger partial charge in [-0.05, 0) is 83.3 Å². The van der Waals surface area contributed by atoms with Crippen LogP contribution in [0.25, 0.3) is 0 Å². The lowest BCUT2D eigenvalue weighted by Gasteiger charge is -2.33. The Kier molecular flexibility index (Phi) is 10.7.